The fourth-order valence-electron chi connectivity index (χ4n) is 2.85. The highest BCUT2D eigenvalue weighted by molar-refractivity contribution is 5.76. The molecule has 27 heavy (non-hydrogen) atoms. The van der Waals surface area contributed by atoms with Crippen molar-refractivity contribution in [2.24, 2.45) is 5.73 Å². The van der Waals surface area contributed by atoms with Gasteiger partial charge in [0, 0.05) is 24.5 Å². The number of nitrogens with zero attached hydrogens (tertiary/aromatic N) is 2. The van der Waals surface area contributed by atoms with Crippen molar-refractivity contribution < 1.29 is 22.7 Å². The number of hydrogen-bond donors (Lipinski definition) is 1. The van der Waals surface area contributed by atoms with Gasteiger partial charge in [0.15, 0.2) is 0 Å². The summed E-state index contributed by atoms with van der Waals surface area (Å²) in [4.78, 5) is 16.8. The van der Waals surface area contributed by atoms with Crippen LogP contribution in [0, 0.1) is 0 Å². The van der Waals surface area contributed by atoms with Crippen molar-refractivity contribution in [1.82, 2.24) is 9.88 Å². The van der Waals surface area contributed by atoms with Crippen molar-refractivity contribution in [3.63, 3.8) is 0 Å². The number of urea groups is 1. The molecule has 2 heterocycles. The third-order valence-corrected chi connectivity index (χ3v) is 4.15. The van der Waals surface area contributed by atoms with E-state index < -0.39 is 17.8 Å². The minimum Gasteiger partial charge on any atom is -0.439 e. The molecule has 1 fully saturated rings. The van der Waals surface area contributed by atoms with Gasteiger partial charge in [0.05, 0.1) is 5.56 Å². The van der Waals surface area contributed by atoms with Crippen LogP contribution in [0.1, 0.15) is 30.4 Å². The molecule has 5 nitrogen and oxygen atoms in total. The summed E-state index contributed by atoms with van der Waals surface area (Å²) in [5.74, 6) is 0.488. The number of alkyl halides is 3. The van der Waals surface area contributed by atoms with Crippen LogP contribution >= 0.6 is 0 Å². The Bertz CT molecular complexity index is 848. The van der Waals surface area contributed by atoms with Crippen LogP contribution < -0.4 is 10.5 Å². The van der Waals surface area contributed by atoms with Crippen LogP contribution in [-0.4, -0.2) is 22.5 Å². The van der Waals surface area contributed by atoms with E-state index in [-0.39, 0.29) is 5.88 Å². The van der Waals surface area contributed by atoms with Crippen molar-refractivity contribution in [2.45, 2.75) is 25.4 Å². The van der Waals surface area contributed by atoms with Gasteiger partial charge in [-0.2, -0.15) is 13.2 Å². The Morgan fingerprint density at radius 1 is 1.22 bits per heavy atom. The lowest BCUT2D eigenvalue weighted by atomic mass is 10.0. The normalized spacial score (nSPS) is 16.4. The summed E-state index contributed by atoms with van der Waals surface area (Å²) in [5, 5.41) is 0. The lowest BCUT2D eigenvalue weighted by Gasteiger charge is -2.28. The number of carbonyl (C=O) groups is 1. The summed E-state index contributed by atoms with van der Waals surface area (Å²) in [6, 6.07) is 8.60. The second-order valence-electron chi connectivity index (χ2n) is 6.14. The summed E-state index contributed by atoms with van der Waals surface area (Å²) in [6.07, 6.45) is 0.771. The fourth-order valence-corrected chi connectivity index (χ4v) is 2.85. The molecule has 0 unspecified atom stereocenters. The summed E-state index contributed by atoms with van der Waals surface area (Å²) in [6.45, 7) is 0.590. The standard InChI is InChI=1S/C19H18F3N3O2/c20-19(21,22)14-7-8-17(24-12-14)27-16-6-3-4-13(11-16)10-15-5-1-2-9-25(15)18(23)26/h3-4,6-8,10-12H,1-2,5,9H2,(H2,23,26)/b15-10+. The predicted octanol–water partition coefficient (Wildman–Crippen LogP) is 4.80. The van der Waals surface area contributed by atoms with Crippen molar-refractivity contribution in [3.8, 4) is 11.6 Å². The molecular weight excluding hydrogens is 359 g/mol. The molecule has 1 aliphatic rings. The Kier molecular flexibility index (Phi) is 5.34. The molecule has 1 aliphatic heterocycles. The molecule has 142 valence electrons. The van der Waals surface area contributed by atoms with Crippen LogP contribution in [-0.2, 0) is 6.18 Å². The molecule has 0 bridgehead atoms. The maximum Gasteiger partial charge on any atom is 0.417 e. The molecule has 1 saturated heterocycles. The van der Waals surface area contributed by atoms with E-state index in [1.54, 1.807) is 23.1 Å². The quantitative estimate of drug-likeness (QED) is 0.836. The fraction of sp³-hybridized carbons (Fsp3) is 0.263. The summed E-state index contributed by atoms with van der Waals surface area (Å²) in [5.41, 5.74) is 6.21. The number of ether oxygens (including phenoxy) is 1. The van der Waals surface area contributed by atoms with Gasteiger partial charge in [0.25, 0.3) is 0 Å². The molecule has 0 atom stereocenters. The van der Waals surface area contributed by atoms with E-state index in [0.717, 1.165) is 42.8 Å². The number of benzene rings is 1. The third kappa shape index (κ3) is 4.78. The number of pyridine rings is 1. The van der Waals surface area contributed by atoms with Gasteiger partial charge >= 0.3 is 12.2 Å². The molecule has 8 heteroatoms. The van der Waals surface area contributed by atoms with Gasteiger partial charge in [-0.3, -0.25) is 4.90 Å². The smallest absolute Gasteiger partial charge is 0.417 e. The number of piperidine rings is 1. The number of rotatable bonds is 3. The molecule has 2 amide bonds. The van der Waals surface area contributed by atoms with E-state index in [9.17, 15) is 18.0 Å². The first-order valence-corrected chi connectivity index (χ1v) is 8.41. The zero-order chi connectivity index (χ0) is 19.4. The van der Waals surface area contributed by atoms with Gasteiger partial charge in [-0.1, -0.05) is 12.1 Å². The Balaban J connectivity index is 1.77. The first-order chi connectivity index (χ1) is 12.8. The molecule has 1 aromatic carbocycles. The number of halogens is 3. The van der Waals surface area contributed by atoms with E-state index in [1.807, 2.05) is 12.1 Å². The number of nitrogens with two attached hydrogens (primary N) is 1. The van der Waals surface area contributed by atoms with Gasteiger partial charge in [-0.25, -0.2) is 9.78 Å². The molecule has 0 radical (unpaired) electrons. The molecule has 2 N–H and O–H groups in total. The van der Waals surface area contributed by atoms with E-state index in [4.69, 9.17) is 10.5 Å². The minimum absolute atomic E-state index is 0.0595. The number of carbonyl (C=O) groups excluding carboxylic acids is 1. The molecule has 2 aromatic rings. The molecule has 0 aliphatic carbocycles. The molecule has 1 aromatic heterocycles. The monoisotopic (exact) mass is 377 g/mol. The summed E-state index contributed by atoms with van der Waals surface area (Å²) in [7, 11) is 0. The Morgan fingerprint density at radius 2 is 2.04 bits per heavy atom. The van der Waals surface area contributed by atoms with E-state index in [1.165, 1.54) is 6.07 Å². The maximum absolute atomic E-state index is 12.6. The number of hydrogen-bond acceptors (Lipinski definition) is 3. The van der Waals surface area contributed by atoms with Gasteiger partial charge in [0.1, 0.15) is 5.75 Å². The SMILES string of the molecule is NC(=O)N1CCCC/C1=C\c1cccc(Oc2ccc(C(F)(F)F)cn2)c1. The van der Waals surface area contributed by atoms with Crippen molar-refractivity contribution in [1.29, 1.82) is 0 Å². The second kappa shape index (κ2) is 7.69. The van der Waals surface area contributed by atoms with E-state index in [0.29, 0.717) is 12.3 Å². The lowest BCUT2D eigenvalue weighted by Crippen LogP contribution is -2.37. The molecule has 0 spiro atoms. The highest BCUT2D eigenvalue weighted by Gasteiger charge is 2.30. The van der Waals surface area contributed by atoms with E-state index >= 15 is 0 Å². The number of aromatic nitrogens is 1. The summed E-state index contributed by atoms with van der Waals surface area (Å²) < 4.78 is 43.3. The van der Waals surface area contributed by atoms with Crippen LogP contribution in [0.5, 0.6) is 11.6 Å². The van der Waals surface area contributed by atoms with Gasteiger partial charge in [-0.15, -0.1) is 0 Å². The van der Waals surface area contributed by atoms with Crippen molar-refractivity contribution in [3.05, 3.63) is 59.4 Å². The zero-order valence-electron chi connectivity index (χ0n) is 14.4. The predicted molar refractivity (Wildman–Crippen MR) is 93.9 cm³/mol. The second-order valence-corrected chi connectivity index (χ2v) is 6.14. The highest BCUT2D eigenvalue weighted by atomic mass is 19.4. The van der Waals surface area contributed by atoms with Crippen molar-refractivity contribution in [2.75, 3.05) is 6.54 Å². The van der Waals surface area contributed by atoms with Gasteiger partial charge in [0.2, 0.25) is 5.88 Å². The lowest BCUT2D eigenvalue weighted by molar-refractivity contribution is -0.137. The number of amides is 2. The number of likely N-dealkylation sites (tertiary alicyclic amines) is 1. The van der Waals surface area contributed by atoms with Crippen LogP contribution in [0.25, 0.3) is 6.08 Å². The van der Waals surface area contributed by atoms with Crippen LogP contribution in [0.2, 0.25) is 0 Å². The largest absolute Gasteiger partial charge is 0.439 e. The van der Waals surface area contributed by atoms with Crippen molar-refractivity contribution >= 4 is 12.1 Å². The Labute approximate surface area is 154 Å². The number of primary amides is 1. The average molecular weight is 377 g/mol. The molecular formula is C19H18F3N3O2. The maximum atomic E-state index is 12.6. The minimum atomic E-state index is -4.44. The Morgan fingerprint density at radius 3 is 2.70 bits per heavy atom. The zero-order valence-corrected chi connectivity index (χ0v) is 14.4. The van der Waals surface area contributed by atoms with Crippen LogP contribution in [0.4, 0.5) is 18.0 Å². The van der Waals surface area contributed by atoms with Crippen LogP contribution in [0.3, 0.4) is 0 Å². The number of allylic oxidation sites excluding steroid dienone is 1. The van der Waals surface area contributed by atoms with Crippen LogP contribution in [0.15, 0.2) is 48.3 Å². The van der Waals surface area contributed by atoms with E-state index in [2.05, 4.69) is 4.98 Å². The summed E-state index contributed by atoms with van der Waals surface area (Å²) >= 11 is 0. The first kappa shape index (κ1) is 18.8. The Hall–Kier alpha value is -3.03. The molecule has 3 rings (SSSR count). The van der Waals surface area contributed by atoms with Gasteiger partial charge < -0.3 is 10.5 Å². The van der Waals surface area contributed by atoms with Gasteiger partial charge in [-0.05, 0) is 49.1 Å². The average Bonchev–Trinajstić information content (AvgIpc) is 2.62. The molecule has 0 saturated carbocycles. The topological polar surface area (TPSA) is 68.5 Å². The highest BCUT2D eigenvalue weighted by Crippen LogP contribution is 2.30. The third-order valence-electron chi connectivity index (χ3n) is 4.15. The first-order valence-electron chi connectivity index (χ1n) is 8.41.